The smallest absolute Gasteiger partial charge is 0.266 e. The Kier molecular flexibility index (Phi) is 4.15. The van der Waals surface area contributed by atoms with E-state index in [1.54, 1.807) is 11.8 Å². The van der Waals surface area contributed by atoms with Gasteiger partial charge in [0.05, 0.1) is 5.71 Å². The molecule has 1 aliphatic heterocycles. The number of carbonyl (C=O) groups excluding carboxylic acids is 1. The van der Waals surface area contributed by atoms with Gasteiger partial charge in [-0.1, -0.05) is 62.0 Å². The van der Waals surface area contributed by atoms with E-state index in [9.17, 15) is 10.1 Å². The number of nitrogens with zero attached hydrogens (tertiary/aromatic N) is 2. The monoisotopic (exact) mass is 394 g/mol. The van der Waals surface area contributed by atoms with Crippen molar-refractivity contribution in [3.63, 3.8) is 0 Å². The Labute approximate surface area is 173 Å². The van der Waals surface area contributed by atoms with Crippen LogP contribution in [0.25, 0.3) is 16.3 Å². The molecular formula is C25H18N2OS. The van der Waals surface area contributed by atoms with E-state index in [1.165, 1.54) is 10.5 Å². The van der Waals surface area contributed by atoms with Crippen molar-refractivity contribution < 1.29 is 4.79 Å². The molecule has 1 amide bonds. The first-order chi connectivity index (χ1) is 14.1. The largest absolute Gasteiger partial charge is 0.288 e. The molecule has 0 radical (unpaired) electrons. The van der Waals surface area contributed by atoms with Gasteiger partial charge in [0.2, 0.25) is 0 Å². The molecule has 3 aromatic carbocycles. The lowest BCUT2D eigenvalue weighted by Crippen LogP contribution is -1.93. The number of rotatable bonds is 4. The topological polar surface area (TPSA) is 53.2 Å². The van der Waals surface area contributed by atoms with Gasteiger partial charge in [-0.2, -0.15) is 5.26 Å². The minimum atomic E-state index is -0.431. The van der Waals surface area contributed by atoms with Crippen LogP contribution >= 0.6 is 11.8 Å². The Morgan fingerprint density at radius 2 is 1.86 bits per heavy atom. The van der Waals surface area contributed by atoms with E-state index in [0.717, 1.165) is 33.2 Å². The lowest BCUT2D eigenvalue weighted by atomic mass is 9.99. The third-order valence-electron chi connectivity index (χ3n) is 5.84. The lowest BCUT2D eigenvalue weighted by Gasteiger charge is -2.11. The molecule has 0 fully saturated rings. The van der Waals surface area contributed by atoms with Crippen molar-refractivity contribution in [1.29, 1.82) is 5.26 Å². The van der Waals surface area contributed by atoms with Crippen LogP contribution in [0.4, 0.5) is 0 Å². The molecule has 1 unspecified atom stereocenters. The van der Waals surface area contributed by atoms with E-state index >= 15 is 0 Å². The molecule has 3 nitrogen and oxygen atoms in total. The summed E-state index contributed by atoms with van der Waals surface area (Å²) in [5.74, 6) is 0.135. The highest BCUT2D eigenvalue weighted by Gasteiger charge is 2.36. The normalized spacial score (nSPS) is 15.5. The first-order valence-corrected chi connectivity index (χ1v) is 10.6. The van der Waals surface area contributed by atoms with Gasteiger partial charge in [0.15, 0.2) is 0 Å². The zero-order chi connectivity index (χ0) is 20.1. The van der Waals surface area contributed by atoms with Crippen LogP contribution in [0.5, 0.6) is 0 Å². The maximum Gasteiger partial charge on any atom is 0.288 e. The van der Waals surface area contributed by atoms with E-state index in [4.69, 9.17) is 0 Å². The van der Waals surface area contributed by atoms with Gasteiger partial charge in [-0.05, 0) is 47.1 Å². The lowest BCUT2D eigenvalue weighted by molar-refractivity contribution is -0.113. The molecule has 5 rings (SSSR count). The molecule has 0 aromatic heterocycles. The molecule has 0 saturated carbocycles. The Hall–Kier alpha value is -3.16. The standard InChI is InChI=1S/C25H18N2OS/c1-3-14(2)15-7-9-16(10-8-15)29-21-12-11-18-22-17(21)5-4-6-19(22)24-23(18)20(13-26)25(28)27-24/h4-12,14H,3H2,1-2H3. The summed E-state index contributed by atoms with van der Waals surface area (Å²) in [4.78, 5) is 18.6. The van der Waals surface area contributed by atoms with Crippen LogP contribution in [0.3, 0.4) is 0 Å². The highest BCUT2D eigenvalue weighted by Crippen LogP contribution is 2.46. The van der Waals surface area contributed by atoms with Crippen molar-refractivity contribution >= 4 is 39.7 Å². The average molecular weight is 394 g/mol. The summed E-state index contributed by atoms with van der Waals surface area (Å²) in [5, 5.41) is 11.7. The predicted molar refractivity (Wildman–Crippen MR) is 117 cm³/mol. The predicted octanol–water partition coefficient (Wildman–Crippen LogP) is 6.12. The first-order valence-electron chi connectivity index (χ1n) is 9.74. The molecule has 140 valence electrons. The first kappa shape index (κ1) is 17.9. The Morgan fingerprint density at radius 1 is 1.07 bits per heavy atom. The summed E-state index contributed by atoms with van der Waals surface area (Å²) in [7, 11) is 0. The molecule has 2 aliphatic rings. The number of carbonyl (C=O) groups is 1. The summed E-state index contributed by atoms with van der Waals surface area (Å²) in [6, 6.07) is 21.0. The summed E-state index contributed by atoms with van der Waals surface area (Å²) in [6.07, 6.45) is 1.13. The van der Waals surface area contributed by atoms with Crippen LogP contribution in [0.15, 0.2) is 75.0 Å². The van der Waals surface area contributed by atoms with Gasteiger partial charge in [-0.25, -0.2) is 4.99 Å². The number of allylic oxidation sites excluding steroid dienone is 1. The summed E-state index contributed by atoms with van der Waals surface area (Å²) in [5.41, 5.74) is 4.74. The Morgan fingerprint density at radius 3 is 2.59 bits per heavy atom. The molecule has 4 heteroatoms. The van der Waals surface area contributed by atoms with Crippen molar-refractivity contribution in [3.8, 4) is 6.07 Å². The Bertz CT molecular complexity index is 1290. The molecule has 0 saturated heterocycles. The molecule has 1 heterocycles. The minimum absolute atomic E-state index is 0.151. The van der Waals surface area contributed by atoms with Crippen LogP contribution in [-0.4, -0.2) is 11.6 Å². The van der Waals surface area contributed by atoms with Crippen molar-refractivity contribution in [3.05, 3.63) is 76.9 Å². The molecular weight excluding hydrogens is 376 g/mol. The maximum atomic E-state index is 12.1. The van der Waals surface area contributed by atoms with Crippen LogP contribution in [0.2, 0.25) is 0 Å². The van der Waals surface area contributed by atoms with Crippen LogP contribution in [0.1, 0.15) is 42.9 Å². The van der Waals surface area contributed by atoms with Gasteiger partial charge >= 0.3 is 0 Å². The van der Waals surface area contributed by atoms with E-state index in [2.05, 4.69) is 55.2 Å². The second kappa shape index (κ2) is 6.72. The van der Waals surface area contributed by atoms with Gasteiger partial charge in [-0.3, -0.25) is 4.79 Å². The zero-order valence-electron chi connectivity index (χ0n) is 16.2. The van der Waals surface area contributed by atoms with Gasteiger partial charge in [0.25, 0.3) is 5.91 Å². The fraction of sp³-hybridized carbons (Fsp3) is 0.160. The van der Waals surface area contributed by atoms with Crippen LogP contribution in [0, 0.1) is 11.3 Å². The third kappa shape index (κ3) is 2.66. The molecule has 0 bridgehead atoms. The van der Waals surface area contributed by atoms with E-state index in [0.29, 0.717) is 17.2 Å². The van der Waals surface area contributed by atoms with Crippen LogP contribution in [-0.2, 0) is 4.79 Å². The highest BCUT2D eigenvalue weighted by molar-refractivity contribution is 7.99. The maximum absolute atomic E-state index is 12.1. The van der Waals surface area contributed by atoms with Gasteiger partial charge in [0.1, 0.15) is 11.6 Å². The molecule has 3 aromatic rings. The number of hydrogen-bond donors (Lipinski definition) is 0. The quantitative estimate of drug-likeness (QED) is 0.535. The van der Waals surface area contributed by atoms with Gasteiger partial charge in [-0.15, -0.1) is 0 Å². The SMILES string of the molecule is CCC(C)c1ccc(Sc2ccc3c4c(cccc24)C2=NC(=O)C(C#N)=C23)cc1. The zero-order valence-corrected chi connectivity index (χ0v) is 17.0. The molecule has 1 aliphatic carbocycles. The molecule has 0 N–H and O–H groups in total. The summed E-state index contributed by atoms with van der Waals surface area (Å²) >= 11 is 1.74. The number of nitriles is 1. The third-order valence-corrected chi connectivity index (χ3v) is 6.92. The van der Waals surface area contributed by atoms with Crippen molar-refractivity contribution in [2.75, 3.05) is 0 Å². The number of aliphatic imine (C=N–C) groups is 1. The highest BCUT2D eigenvalue weighted by atomic mass is 32.2. The van der Waals surface area contributed by atoms with Gasteiger partial charge in [0, 0.05) is 26.3 Å². The number of amides is 1. The molecule has 0 spiro atoms. The molecule has 29 heavy (non-hydrogen) atoms. The number of benzene rings is 3. The fourth-order valence-corrected chi connectivity index (χ4v) is 5.04. The van der Waals surface area contributed by atoms with Crippen molar-refractivity contribution in [2.45, 2.75) is 36.0 Å². The van der Waals surface area contributed by atoms with Crippen molar-refractivity contribution in [2.24, 2.45) is 4.99 Å². The van der Waals surface area contributed by atoms with Gasteiger partial charge < -0.3 is 0 Å². The average Bonchev–Trinajstić information content (AvgIpc) is 3.24. The van der Waals surface area contributed by atoms with E-state index in [-0.39, 0.29) is 5.57 Å². The summed E-state index contributed by atoms with van der Waals surface area (Å²) < 4.78 is 0. The Balaban J connectivity index is 1.60. The summed E-state index contributed by atoms with van der Waals surface area (Å²) in [6.45, 7) is 4.46. The number of hydrogen-bond acceptors (Lipinski definition) is 3. The fourth-order valence-electron chi connectivity index (χ4n) is 4.10. The van der Waals surface area contributed by atoms with Crippen LogP contribution < -0.4 is 0 Å². The van der Waals surface area contributed by atoms with E-state index < -0.39 is 5.91 Å². The molecule has 1 atom stereocenters. The second-order valence-corrected chi connectivity index (χ2v) is 8.56. The second-order valence-electron chi connectivity index (χ2n) is 7.45. The van der Waals surface area contributed by atoms with E-state index in [1.807, 2.05) is 24.3 Å². The van der Waals surface area contributed by atoms with Crippen molar-refractivity contribution in [1.82, 2.24) is 0 Å². The number of fused-ring (bicyclic) bond motifs is 3. The minimum Gasteiger partial charge on any atom is -0.266 e.